The summed E-state index contributed by atoms with van der Waals surface area (Å²) < 4.78 is 0. The van der Waals surface area contributed by atoms with Crippen LogP contribution in [0.25, 0.3) is 0 Å². The fraction of sp³-hybridized carbons (Fsp3) is 0.676. The average molecular weight is 765 g/mol. The topological polar surface area (TPSA) is 235 Å². The van der Waals surface area contributed by atoms with Crippen molar-refractivity contribution in [1.82, 2.24) is 30.0 Å². The Morgan fingerprint density at radius 1 is 0.981 bits per heavy atom. The minimum Gasteiger partial charge on any atom is -0.394 e. The molecule has 0 radical (unpaired) electrons. The van der Waals surface area contributed by atoms with Crippen molar-refractivity contribution >= 4 is 35.1 Å². The van der Waals surface area contributed by atoms with Gasteiger partial charge >= 0.3 is 0 Å². The van der Waals surface area contributed by atoms with Crippen molar-refractivity contribution in [1.29, 1.82) is 0 Å². The van der Waals surface area contributed by atoms with Crippen LogP contribution in [0, 0.1) is 12.8 Å². The number of anilines is 2. The molecule has 16 heteroatoms. The molecule has 2 amide bonds. The summed E-state index contributed by atoms with van der Waals surface area (Å²) in [4.78, 5) is 40.5. The number of unbranched alkanes of at least 4 members (excludes halogenated alkanes) is 3. The number of likely N-dealkylation sites (tertiary alicyclic amines) is 1. The van der Waals surface area contributed by atoms with Gasteiger partial charge in [-0.1, -0.05) is 62.1 Å². The molecule has 2 heterocycles. The van der Waals surface area contributed by atoms with Crippen LogP contribution in [0.5, 0.6) is 0 Å². The van der Waals surface area contributed by atoms with Crippen LogP contribution < -0.4 is 16.8 Å². The number of aromatic nitrogens is 2. The third kappa shape index (κ3) is 13.9. The quantitative estimate of drug-likeness (QED) is 0.0777. The van der Waals surface area contributed by atoms with E-state index in [1.54, 1.807) is 0 Å². The van der Waals surface area contributed by atoms with E-state index in [2.05, 4.69) is 53.2 Å². The molecule has 2 aromatic rings. The molecule has 0 unspecified atom stereocenters. The Balaban J connectivity index is 1.57. The highest BCUT2D eigenvalue weighted by molar-refractivity contribution is 6.31. The van der Waals surface area contributed by atoms with Gasteiger partial charge in [-0.3, -0.25) is 9.59 Å². The van der Waals surface area contributed by atoms with Crippen LogP contribution in [0.3, 0.4) is 0 Å². The molecule has 0 aliphatic carbocycles. The van der Waals surface area contributed by atoms with E-state index < -0.39 is 36.9 Å². The number of benzene rings is 1. The maximum absolute atomic E-state index is 13.4. The van der Waals surface area contributed by atoms with E-state index in [9.17, 15) is 30.0 Å². The number of aliphatic hydroxyl groups excluding tert-OH is 5. The first-order valence-electron chi connectivity index (χ1n) is 18.7. The second-order valence-corrected chi connectivity index (χ2v) is 14.7. The number of nitrogens with two attached hydrogens (primary N) is 2. The van der Waals surface area contributed by atoms with Gasteiger partial charge in [0.2, 0.25) is 5.91 Å². The summed E-state index contributed by atoms with van der Waals surface area (Å²) in [6.07, 6.45) is 0.244. The van der Waals surface area contributed by atoms with E-state index in [1.165, 1.54) is 11.1 Å². The van der Waals surface area contributed by atoms with Gasteiger partial charge in [0.25, 0.3) is 5.91 Å². The SMILES string of the molecule is CCCCCCN(CCC(=O)N1CCC(N(C)C[C@@H](CNC(=O)c2nc(Cl)c(N)nc2N)Cc2ccccc2C)CC1)C[C@@H](O)[C@@H](O)[C@H](O)[C@H](O)CO. The van der Waals surface area contributed by atoms with Crippen LogP contribution in [-0.2, 0) is 11.2 Å². The molecule has 1 aliphatic heterocycles. The molecule has 1 aromatic carbocycles. The van der Waals surface area contributed by atoms with Crippen LogP contribution in [0.2, 0.25) is 5.15 Å². The van der Waals surface area contributed by atoms with Crippen LogP contribution in [-0.4, -0.2) is 152 Å². The monoisotopic (exact) mass is 764 g/mol. The van der Waals surface area contributed by atoms with Gasteiger partial charge in [-0.2, -0.15) is 0 Å². The lowest BCUT2D eigenvalue weighted by Gasteiger charge is -2.38. The molecule has 0 saturated carbocycles. The predicted molar refractivity (Wildman–Crippen MR) is 205 cm³/mol. The van der Waals surface area contributed by atoms with Gasteiger partial charge in [0.15, 0.2) is 22.5 Å². The lowest BCUT2D eigenvalue weighted by Crippen LogP contribution is -2.50. The van der Waals surface area contributed by atoms with E-state index in [4.69, 9.17) is 28.2 Å². The summed E-state index contributed by atoms with van der Waals surface area (Å²) >= 11 is 6.01. The molecule has 0 bridgehead atoms. The number of carbonyl (C=O) groups is 2. The number of carbonyl (C=O) groups excluding carboxylic acids is 2. The van der Waals surface area contributed by atoms with Crippen LogP contribution in [0.1, 0.15) is 73.5 Å². The Morgan fingerprint density at radius 3 is 2.32 bits per heavy atom. The highest BCUT2D eigenvalue weighted by Crippen LogP contribution is 2.21. The van der Waals surface area contributed by atoms with E-state index >= 15 is 0 Å². The number of aliphatic hydroxyl groups is 5. The molecule has 1 aromatic heterocycles. The van der Waals surface area contributed by atoms with Gasteiger partial charge in [-0.15, -0.1) is 0 Å². The van der Waals surface area contributed by atoms with Gasteiger partial charge < -0.3 is 57.0 Å². The Labute approximate surface area is 318 Å². The summed E-state index contributed by atoms with van der Waals surface area (Å²) in [6, 6.07) is 8.41. The Morgan fingerprint density at radius 2 is 1.66 bits per heavy atom. The number of hydrogen-bond acceptors (Lipinski definition) is 13. The number of aryl methyl sites for hydroxylation is 1. The van der Waals surface area contributed by atoms with Gasteiger partial charge in [0, 0.05) is 51.7 Å². The van der Waals surface area contributed by atoms with Crippen molar-refractivity contribution in [2.75, 3.05) is 70.9 Å². The Hall–Kier alpha value is -3.15. The van der Waals surface area contributed by atoms with Gasteiger partial charge in [-0.25, -0.2) is 9.97 Å². The molecule has 1 aliphatic rings. The minimum atomic E-state index is -1.70. The number of amides is 2. The molecule has 1 saturated heterocycles. The highest BCUT2D eigenvalue weighted by Gasteiger charge is 2.32. The lowest BCUT2D eigenvalue weighted by molar-refractivity contribution is -0.133. The molecular formula is C37H61ClN8O7. The zero-order valence-electron chi connectivity index (χ0n) is 31.4. The molecule has 15 nitrogen and oxygen atoms in total. The maximum atomic E-state index is 13.4. The predicted octanol–water partition coefficient (Wildman–Crippen LogP) is 0.823. The molecule has 3 rings (SSSR count). The van der Waals surface area contributed by atoms with Crippen molar-refractivity contribution < 1.29 is 35.1 Å². The second kappa shape index (κ2) is 22.3. The summed E-state index contributed by atoms with van der Waals surface area (Å²) in [5.41, 5.74) is 13.9. The second-order valence-electron chi connectivity index (χ2n) is 14.3. The summed E-state index contributed by atoms with van der Waals surface area (Å²) in [5.74, 6) is -0.555. The van der Waals surface area contributed by atoms with Crippen molar-refractivity contribution in [3.05, 3.63) is 46.2 Å². The molecule has 10 N–H and O–H groups in total. The van der Waals surface area contributed by atoms with Gasteiger partial charge in [-0.05, 0) is 63.2 Å². The zero-order chi connectivity index (χ0) is 39.1. The van der Waals surface area contributed by atoms with E-state index in [-0.39, 0.29) is 53.3 Å². The van der Waals surface area contributed by atoms with Crippen molar-refractivity contribution in [2.45, 2.75) is 95.7 Å². The first kappa shape index (κ1) is 44.2. The number of rotatable bonds is 22. The molecule has 1 fully saturated rings. The molecular weight excluding hydrogens is 704 g/mol. The van der Waals surface area contributed by atoms with Gasteiger partial charge in [0.05, 0.1) is 12.7 Å². The van der Waals surface area contributed by atoms with E-state index in [0.717, 1.165) is 44.9 Å². The lowest BCUT2D eigenvalue weighted by atomic mass is 9.94. The van der Waals surface area contributed by atoms with Crippen LogP contribution in [0.4, 0.5) is 11.6 Å². The number of piperidine rings is 1. The third-order valence-corrected chi connectivity index (χ3v) is 10.4. The van der Waals surface area contributed by atoms with Crippen LogP contribution >= 0.6 is 11.6 Å². The fourth-order valence-corrected chi connectivity index (χ4v) is 6.92. The first-order chi connectivity index (χ1) is 25.2. The Kier molecular flexibility index (Phi) is 18.6. The zero-order valence-corrected chi connectivity index (χ0v) is 32.2. The van der Waals surface area contributed by atoms with Crippen molar-refractivity contribution in [3.63, 3.8) is 0 Å². The number of nitrogens with one attached hydrogen (secondary N) is 1. The fourth-order valence-electron chi connectivity index (χ4n) is 6.80. The highest BCUT2D eigenvalue weighted by atomic mass is 35.5. The first-order valence-corrected chi connectivity index (χ1v) is 19.1. The molecule has 298 valence electrons. The van der Waals surface area contributed by atoms with Gasteiger partial charge in [0.1, 0.15) is 18.3 Å². The van der Waals surface area contributed by atoms with Crippen LogP contribution in [0.15, 0.2) is 24.3 Å². The number of nitrogen functional groups attached to an aromatic ring is 2. The molecule has 5 atom stereocenters. The van der Waals surface area contributed by atoms with E-state index in [1.807, 2.05) is 21.9 Å². The van der Waals surface area contributed by atoms with E-state index in [0.29, 0.717) is 39.3 Å². The number of hydrogen-bond donors (Lipinski definition) is 8. The largest absolute Gasteiger partial charge is 0.394 e. The summed E-state index contributed by atoms with van der Waals surface area (Å²) in [6.45, 7) is 6.71. The van der Waals surface area contributed by atoms with Crippen molar-refractivity contribution in [3.8, 4) is 0 Å². The summed E-state index contributed by atoms with van der Waals surface area (Å²) in [7, 11) is 2.07. The Bertz CT molecular complexity index is 1430. The number of halogens is 1. The normalized spacial score (nSPS) is 16.8. The maximum Gasteiger partial charge on any atom is 0.273 e. The summed E-state index contributed by atoms with van der Waals surface area (Å²) in [5, 5.41) is 52.7. The van der Waals surface area contributed by atoms with Crippen molar-refractivity contribution in [2.24, 2.45) is 5.92 Å². The minimum absolute atomic E-state index is 0.0146. The standard InChI is InChI=1S/C37H61ClN8O7/c1-4-5-6-9-15-45(22-28(48)32(51)33(52)29(49)23-47)16-14-30(50)46-17-12-27(13-18-46)44(3)21-25(19-26-11-8-7-10-24(26)2)20-41-37(53)31-35(39)43-36(40)34(38)42-31/h7-8,10-11,25,27-29,32-33,47-49,51-52H,4-6,9,12-23H2,1-3H3,(H,41,53)(H4,39,40,43)/t25-,28-,29-,32-,33-/m1/s1. The molecule has 53 heavy (non-hydrogen) atoms. The molecule has 0 spiro atoms. The third-order valence-electron chi connectivity index (χ3n) is 10.2. The number of nitrogens with zero attached hydrogens (tertiary/aromatic N) is 5. The smallest absolute Gasteiger partial charge is 0.273 e. The average Bonchev–Trinajstić information content (AvgIpc) is 3.15.